The fourth-order valence-electron chi connectivity index (χ4n) is 1.39. The number of nitrogens with zero attached hydrogens (tertiary/aromatic N) is 2. The summed E-state index contributed by atoms with van der Waals surface area (Å²) in [6.45, 7) is 0.201. The van der Waals surface area contributed by atoms with Crippen LogP contribution in [0.4, 0.5) is 5.69 Å². The predicted molar refractivity (Wildman–Crippen MR) is 75.1 cm³/mol. The second-order valence-corrected chi connectivity index (χ2v) is 4.90. The molecule has 0 fully saturated rings. The van der Waals surface area contributed by atoms with Gasteiger partial charge in [-0.05, 0) is 18.2 Å². The Labute approximate surface area is 115 Å². The van der Waals surface area contributed by atoms with Gasteiger partial charge in [0.05, 0.1) is 16.8 Å². The first-order chi connectivity index (χ1) is 9.25. The second kappa shape index (κ2) is 6.96. The molecule has 2 aromatic rings. The molecule has 100 valence electrons. The van der Waals surface area contributed by atoms with Gasteiger partial charge in [0.2, 0.25) is 0 Å². The van der Waals surface area contributed by atoms with Crippen molar-refractivity contribution in [2.24, 2.45) is 0 Å². The maximum atomic E-state index is 9.83. The molecule has 1 aromatic heterocycles. The second-order valence-electron chi connectivity index (χ2n) is 3.86. The molecule has 5 nitrogen and oxygen atoms in total. The number of benzene rings is 1. The Balaban J connectivity index is 1.76. The van der Waals surface area contributed by atoms with Gasteiger partial charge in [-0.15, -0.1) is 11.8 Å². The molecule has 0 bridgehead atoms. The summed E-state index contributed by atoms with van der Waals surface area (Å²) in [5, 5.41) is 10.7. The van der Waals surface area contributed by atoms with Gasteiger partial charge >= 0.3 is 0 Å². The van der Waals surface area contributed by atoms with Crippen molar-refractivity contribution in [3.8, 4) is 5.75 Å². The van der Waals surface area contributed by atoms with Crippen molar-refractivity contribution in [3.63, 3.8) is 0 Å². The van der Waals surface area contributed by atoms with Crippen LogP contribution in [0.1, 0.15) is 0 Å². The van der Waals surface area contributed by atoms with E-state index in [0.29, 0.717) is 17.2 Å². The van der Waals surface area contributed by atoms with Crippen molar-refractivity contribution >= 4 is 17.4 Å². The van der Waals surface area contributed by atoms with Crippen LogP contribution < -0.4 is 10.5 Å². The van der Waals surface area contributed by atoms with Crippen LogP contribution in [0, 0.1) is 0 Å². The average molecular weight is 277 g/mol. The SMILES string of the molecule is Nc1ccccc1OCC(O)CSc1ccncn1. The minimum atomic E-state index is -0.584. The van der Waals surface area contributed by atoms with Gasteiger partial charge in [0.25, 0.3) is 0 Å². The van der Waals surface area contributed by atoms with E-state index in [2.05, 4.69) is 9.97 Å². The lowest BCUT2D eigenvalue weighted by atomic mass is 10.3. The van der Waals surface area contributed by atoms with Crippen molar-refractivity contribution < 1.29 is 9.84 Å². The average Bonchev–Trinajstić information content (AvgIpc) is 2.45. The van der Waals surface area contributed by atoms with Crippen LogP contribution in [0.5, 0.6) is 5.75 Å². The lowest BCUT2D eigenvalue weighted by molar-refractivity contribution is 0.127. The normalized spacial score (nSPS) is 12.1. The van der Waals surface area contributed by atoms with Gasteiger partial charge in [0.15, 0.2) is 0 Å². The monoisotopic (exact) mass is 277 g/mol. The van der Waals surface area contributed by atoms with Crippen LogP contribution in [0.3, 0.4) is 0 Å². The molecule has 1 atom stereocenters. The first-order valence-corrected chi connectivity index (χ1v) is 6.78. The quantitative estimate of drug-likeness (QED) is 0.474. The number of aromatic nitrogens is 2. The molecular weight excluding hydrogens is 262 g/mol. The molecule has 0 aliphatic rings. The lowest BCUT2D eigenvalue weighted by Crippen LogP contribution is -2.20. The number of nitrogen functional groups attached to an aromatic ring is 1. The molecule has 0 aliphatic heterocycles. The molecule has 1 unspecified atom stereocenters. The third-order valence-corrected chi connectivity index (χ3v) is 3.42. The number of rotatable bonds is 6. The first-order valence-electron chi connectivity index (χ1n) is 5.80. The number of aliphatic hydroxyl groups is 1. The van der Waals surface area contributed by atoms with Crippen molar-refractivity contribution in [1.82, 2.24) is 9.97 Å². The Morgan fingerprint density at radius 3 is 2.89 bits per heavy atom. The molecule has 0 radical (unpaired) electrons. The Hall–Kier alpha value is -1.79. The molecule has 19 heavy (non-hydrogen) atoms. The summed E-state index contributed by atoms with van der Waals surface area (Å²) in [7, 11) is 0. The molecule has 0 amide bonds. The first kappa shape index (κ1) is 13.6. The molecule has 3 N–H and O–H groups in total. The predicted octanol–water partition coefficient (Wildman–Crippen LogP) is 1.59. The van der Waals surface area contributed by atoms with Crippen molar-refractivity contribution in [3.05, 3.63) is 42.9 Å². The number of aliphatic hydroxyl groups excluding tert-OH is 1. The summed E-state index contributed by atoms with van der Waals surface area (Å²) >= 11 is 1.46. The Bertz CT molecular complexity index is 510. The zero-order valence-electron chi connectivity index (χ0n) is 10.3. The summed E-state index contributed by atoms with van der Waals surface area (Å²) in [6.07, 6.45) is 2.57. The van der Waals surface area contributed by atoms with Gasteiger partial charge in [-0.2, -0.15) is 0 Å². The van der Waals surface area contributed by atoms with Crippen molar-refractivity contribution in [2.45, 2.75) is 11.1 Å². The molecule has 1 heterocycles. The third kappa shape index (κ3) is 4.42. The fourth-order valence-corrected chi connectivity index (χ4v) is 2.13. The van der Waals surface area contributed by atoms with Gasteiger partial charge < -0.3 is 15.6 Å². The van der Waals surface area contributed by atoms with Crippen molar-refractivity contribution in [2.75, 3.05) is 18.1 Å². The van der Waals surface area contributed by atoms with E-state index in [1.165, 1.54) is 18.1 Å². The van der Waals surface area contributed by atoms with E-state index in [0.717, 1.165) is 5.03 Å². The number of ether oxygens (including phenoxy) is 1. The minimum Gasteiger partial charge on any atom is -0.489 e. The highest BCUT2D eigenvalue weighted by atomic mass is 32.2. The van der Waals surface area contributed by atoms with Gasteiger partial charge in [-0.3, -0.25) is 0 Å². The number of nitrogens with two attached hydrogens (primary N) is 1. The number of thioether (sulfide) groups is 1. The molecule has 6 heteroatoms. The molecule has 0 saturated carbocycles. The Morgan fingerprint density at radius 1 is 1.32 bits per heavy atom. The number of hydrogen-bond donors (Lipinski definition) is 2. The molecule has 2 rings (SSSR count). The molecule has 0 aliphatic carbocycles. The largest absolute Gasteiger partial charge is 0.489 e. The maximum absolute atomic E-state index is 9.83. The standard InChI is InChI=1S/C13H15N3O2S/c14-11-3-1-2-4-12(11)18-7-10(17)8-19-13-5-6-15-9-16-13/h1-6,9-10,17H,7-8,14H2. The van der Waals surface area contributed by atoms with Crippen LogP contribution in [-0.4, -0.2) is 33.5 Å². The number of hydrogen-bond acceptors (Lipinski definition) is 6. The smallest absolute Gasteiger partial charge is 0.142 e. The van der Waals surface area contributed by atoms with Gasteiger partial charge in [0, 0.05) is 11.9 Å². The van der Waals surface area contributed by atoms with Crippen molar-refractivity contribution in [1.29, 1.82) is 0 Å². The maximum Gasteiger partial charge on any atom is 0.142 e. The summed E-state index contributed by atoms with van der Waals surface area (Å²) in [6, 6.07) is 9.02. The van der Waals surface area contributed by atoms with E-state index in [1.54, 1.807) is 24.4 Å². The highest BCUT2D eigenvalue weighted by Crippen LogP contribution is 2.20. The van der Waals surface area contributed by atoms with Crippen LogP contribution in [0.2, 0.25) is 0 Å². The van der Waals surface area contributed by atoms with Crippen LogP contribution in [0.25, 0.3) is 0 Å². The Morgan fingerprint density at radius 2 is 2.16 bits per heavy atom. The minimum absolute atomic E-state index is 0.201. The number of para-hydroxylation sites is 2. The van der Waals surface area contributed by atoms with Crippen LogP contribution >= 0.6 is 11.8 Å². The van der Waals surface area contributed by atoms with E-state index in [9.17, 15) is 5.11 Å². The fraction of sp³-hybridized carbons (Fsp3) is 0.231. The molecular formula is C13H15N3O2S. The van der Waals surface area contributed by atoms with Crippen LogP contribution in [0.15, 0.2) is 47.9 Å². The number of anilines is 1. The summed E-state index contributed by atoms with van der Waals surface area (Å²) in [5.74, 6) is 1.10. The molecule has 0 saturated heterocycles. The van der Waals surface area contributed by atoms with Gasteiger partial charge in [-0.1, -0.05) is 12.1 Å². The zero-order valence-corrected chi connectivity index (χ0v) is 11.1. The van der Waals surface area contributed by atoms with Gasteiger partial charge in [-0.25, -0.2) is 9.97 Å². The van der Waals surface area contributed by atoms with E-state index in [-0.39, 0.29) is 6.61 Å². The summed E-state index contributed by atoms with van der Waals surface area (Å²) < 4.78 is 5.47. The Kier molecular flexibility index (Phi) is 5.00. The van der Waals surface area contributed by atoms with E-state index < -0.39 is 6.10 Å². The van der Waals surface area contributed by atoms with Crippen LogP contribution in [-0.2, 0) is 0 Å². The van der Waals surface area contributed by atoms with Gasteiger partial charge in [0.1, 0.15) is 18.7 Å². The summed E-state index contributed by atoms with van der Waals surface area (Å²) in [4.78, 5) is 7.90. The topological polar surface area (TPSA) is 81.3 Å². The third-order valence-electron chi connectivity index (χ3n) is 2.33. The zero-order chi connectivity index (χ0) is 13.5. The molecule has 0 spiro atoms. The van der Waals surface area contributed by atoms with E-state index in [4.69, 9.17) is 10.5 Å². The highest BCUT2D eigenvalue weighted by molar-refractivity contribution is 7.99. The highest BCUT2D eigenvalue weighted by Gasteiger charge is 2.08. The molecule has 1 aromatic carbocycles. The lowest BCUT2D eigenvalue weighted by Gasteiger charge is -2.13. The summed E-state index contributed by atoms with van der Waals surface area (Å²) in [5.41, 5.74) is 6.31. The van der Waals surface area contributed by atoms with E-state index in [1.807, 2.05) is 12.1 Å². The van der Waals surface area contributed by atoms with E-state index >= 15 is 0 Å².